The zero-order valence-electron chi connectivity index (χ0n) is 9.71. The lowest BCUT2D eigenvalue weighted by atomic mass is 10.2. The predicted octanol–water partition coefficient (Wildman–Crippen LogP) is 4.01. The number of benzene rings is 2. The van der Waals surface area contributed by atoms with Crippen LogP contribution in [0.1, 0.15) is 5.56 Å². The molecular weight excluding hydrogens is 352 g/mol. The molecular formula is C13H10BrClO3S. The minimum absolute atomic E-state index is 0.00952. The molecule has 3 nitrogen and oxygen atoms in total. The Morgan fingerprint density at radius 2 is 1.79 bits per heavy atom. The minimum Gasteiger partial charge on any atom is -0.262 e. The molecule has 0 aromatic heterocycles. The lowest BCUT2D eigenvalue weighted by molar-refractivity contribution is 0.308. The van der Waals surface area contributed by atoms with Crippen molar-refractivity contribution in [2.24, 2.45) is 0 Å². The van der Waals surface area contributed by atoms with Gasteiger partial charge in [-0.05, 0) is 42.0 Å². The molecule has 0 aliphatic rings. The largest absolute Gasteiger partial charge is 0.297 e. The van der Waals surface area contributed by atoms with E-state index in [0.717, 1.165) is 10.0 Å². The molecule has 0 amide bonds. The van der Waals surface area contributed by atoms with Gasteiger partial charge in [0, 0.05) is 9.50 Å². The Hall–Kier alpha value is -0.880. The minimum atomic E-state index is -3.76. The Morgan fingerprint density at radius 3 is 2.42 bits per heavy atom. The third-order valence-electron chi connectivity index (χ3n) is 2.37. The second kappa shape index (κ2) is 6.05. The molecule has 6 heteroatoms. The maximum atomic E-state index is 11.9. The normalized spacial score (nSPS) is 11.5. The van der Waals surface area contributed by atoms with E-state index in [4.69, 9.17) is 15.8 Å². The van der Waals surface area contributed by atoms with E-state index in [2.05, 4.69) is 15.9 Å². The van der Waals surface area contributed by atoms with E-state index in [1.54, 1.807) is 12.1 Å². The summed E-state index contributed by atoms with van der Waals surface area (Å²) in [6, 6.07) is 13.1. The van der Waals surface area contributed by atoms with Gasteiger partial charge in [0.05, 0.1) is 11.5 Å². The molecule has 0 aliphatic heterocycles. The van der Waals surface area contributed by atoms with Crippen molar-refractivity contribution in [3.05, 3.63) is 63.6 Å². The Labute approximate surface area is 125 Å². The van der Waals surface area contributed by atoms with Crippen molar-refractivity contribution >= 4 is 37.6 Å². The van der Waals surface area contributed by atoms with Crippen LogP contribution in [-0.2, 0) is 20.9 Å². The fourth-order valence-corrected chi connectivity index (χ4v) is 2.91. The average molecular weight is 362 g/mol. The molecule has 0 N–H and O–H groups in total. The summed E-state index contributed by atoms with van der Waals surface area (Å²) in [6.07, 6.45) is 0. The summed E-state index contributed by atoms with van der Waals surface area (Å²) in [5, 5.41) is 0.478. The van der Waals surface area contributed by atoms with Crippen LogP contribution in [0.3, 0.4) is 0 Å². The third-order valence-corrected chi connectivity index (χ3v) is 4.39. The van der Waals surface area contributed by atoms with Gasteiger partial charge in [-0.25, -0.2) is 0 Å². The molecule has 0 radical (unpaired) electrons. The molecule has 0 saturated carbocycles. The van der Waals surface area contributed by atoms with Crippen LogP contribution in [0.25, 0.3) is 0 Å². The van der Waals surface area contributed by atoms with Gasteiger partial charge in [-0.15, -0.1) is 0 Å². The van der Waals surface area contributed by atoms with Crippen LogP contribution in [-0.4, -0.2) is 8.42 Å². The summed E-state index contributed by atoms with van der Waals surface area (Å²) in [7, 11) is -3.76. The molecule has 100 valence electrons. The van der Waals surface area contributed by atoms with Crippen LogP contribution in [0.2, 0.25) is 5.02 Å². The maximum absolute atomic E-state index is 11.9. The highest BCUT2D eigenvalue weighted by Gasteiger charge is 2.15. The second-order valence-electron chi connectivity index (χ2n) is 3.80. The van der Waals surface area contributed by atoms with Crippen molar-refractivity contribution < 1.29 is 12.6 Å². The van der Waals surface area contributed by atoms with Crippen molar-refractivity contribution in [2.75, 3.05) is 0 Å². The molecule has 0 heterocycles. The van der Waals surface area contributed by atoms with Gasteiger partial charge in [-0.2, -0.15) is 8.42 Å². The van der Waals surface area contributed by atoms with Gasteiger partial charge < -0.3 is 0 Å². The van der Waals surface area contributed by atoms with E-state index in [1.807, 2.05) is 12.1 Å². The fourth-order valence-electron chi connectivity index (χ4n) is 1.44. The van der Waals surface area contributed by atoms with Crippen molar-refractivity contribution in [1.82, 2.24) is 0 Å². The number of rotatable bonds is 4. The predicted molar refractivity (Wildman–Crippen MR) is 77.6 cm³/mol. The van der Waals surface area contributed by atoms with E-state index < -0.39 is 10.1 Å². The zero-order chi connectivity index (χ0) is 13.9. The van der Waals surface area contributed by atoms with Crippen molar-refractivity contribution in [1.29, 1.82) is 0 Å². The molecule has 0 unspecified atom stereocenters. The summed E-state index contributed by atoms with van der Waals surface area (Å²) in [4.78, 5) is 0.0897. The quantitative estimate of drug-likeness (QED) is 0.773. The number of hydrogen-bond acceptors (Lipinski definition) is 3. The summed E-state index contributed by atoms with van der Waals surface area (Å²) in [5.41, 5.74) is 0.770. The Morgan fingerprint density at radius 1 is 1.11 bits per heavy atom. The van der Waals surface area contributed by atoms with E-state index in [9.17, 15) is 8.42 Å². The van der Waals surface area contributed by atoms with Gasteiger partial charge in [0.25, 0.3) is 10.1 Å². The Kier molecular flexibility index (Phi) is 4.62. The molecule has 2 aromatic carbocycles. The van der Waals surface area contributed by atoms with Crippen molar-refractivity contribution in [3.63, 3.8) is 0 Å². The van der Waals surface area contributed by atoms with Gasteiger partial charge in [0.1, 0.15) is 0 Å². The van der Waals surface area contributed by atoms with Crippen molar-refractivity contribution in [2.45, 2.75) is 11.5 Å². The number of halogens is 2. The first-order valence-electron chi connectivity index (χ1n) is 5.37. The standard InChI is InChI=1S/C13H10BrClO3S/c14-11-3-1-2-10(8-11)9-18-19(16,17)13-6-4-12(15)5-7-13/h1-8H,9H2. The van der Waals surface area contributed by atoms with E-state index >= 15 is 0 Å². The van der Waals surface area contributed by atoms with Crippen LogP contribution < -0.4 is 0 Å². The van der Waals surface area contributed by atoms with E-state index in [0.29, 0.717) is 5.02 Å². The van der Waals surface area contributed by atoms with Gasteiger partial charge in [-0.1, -0.05) is 39.7 Å². The summed E-state index contributed by atoms with van der Waals surface area (Å²) < 4.78 is 29.7. The van der Waals surface area contributed by atoms with Crippen LogP contribution in [0, 0.1) is 0 Å². The zero-order valence-corrected chi connectivity index (χ0v) is 12.9. The van der Waals surface area contributed by atoms with Crippen LogP contribution in [0.4, 0.5) is 0 Å². The highest BCUT2D eigenvalue weighted by atomic mass is 79.9. The molecule has 2 aromatic rings. The molecule has 0 aliphatic carbocycles. The highest BCUT2D eigenvalue weighted by Crippen LogP contribution is 2.18. The van der Waals surface area contributed by atoms with Gasteiger partial charge >= 0.3 is 0 Å². The van der Waals surface area contributed by atoms with Crippen LogP contribution >= 0.6 is 27.5 Å². The van der Waals surface area contributed by atoms with Crippen molar-refractivity contribution in [3.8, 4) is 0 Å². The third kappa shape index (κ3) is 4.04. The lowest BCUT2D eigenvalue weighted by Crippen LogP contribution is -2.06. The molecule has 0 bridgehead atoms. The number of hydrogen-bond donors (Lipinski definition) is 0. The second-order valence-corrected chi connectivity index (χ2v) is 6.77. The van der Waals surface area contributed by atoms with E-state index in [1.165, 1.54) is 24.3 Å². The van der Waals surface area contributed by atoms with Gasteiger partial charge in [0.2, 0.25) is 0 Å². The van der Waals surface area contributed by atoms with Gasteiger partial charge in [0.15, 0.2) is 0 Å². The first-order chi connectivity index (χ1) is 8.97. The maximum Gasteiger partial charge on any atom is 0.297 e. The SMILES string of the molecule is O=S(=O)(OCc1cccc(Br)c1)c1ccc(Cl)cc1. The molecule has 0 spiro atoms. The Bertz CT molecular complexity index is 669. The average Bonchev–Trinajstić information content (AvgIpc) is 2.37. The van der Waals surface area contributed by atoms with Gasteiger partial charge in [-0.3, -0.25) is 4.18 Å². The van der Waals surface area contributed by atoms with Crippen LogP contribution in [0.15, 0.2) is 57.9 Å². The lowest BCUT2D eigenvalue weighted by Gasteiger charge is -2.06. The topological polar surface area (TPSA) is 43.4 Å². The first kappa shape index (κ1) is 14.5. The summed E-state index contributed by atoms with van der Waals surface area (Å²) in [6.45, 7) is -0.00952. The monoisotopic (exact) mass is 360 g/mol. The molecule has 2 rings (SSSR count). The van der Waals surface area contributed by atoms with Crippen LogP contribution in [0.5, 0.6) is 0 Å². The fraction of sp³-hybridized carbons (Fsp3) is 0.0769. The Balaban J connectivity index is 2.12. The van der Waals surface area contributed by atoms with E-state index in [-0.39, 0.29) is 11.5 Å². The smallest absolute Gasteiger partial charge is 0.262 e. The molecule has 0 atom stereocenters. The molecule has 19 heavy (non-hydrogen) atoms. The first-order valence-corrected chi connectivity index (χ1v) is 7.95. The molecule has 0 saturated heterocycles. The highest BCUT2D eigenvalue weighted by molar-refractivity contribution is 9.10. The summed E-state index contributed by atoms with van der Waals surface area (Å²) in [5.74, 6) is 0. The summed E-state index contributed by atoms with van der Waals surface area (Å²) >= 11 is 9.03. The molecule has 0 fully saturated rings.